The highest BCUT2D eigenvalue weighted by Crippen LogP contribution is 2.44. The van der Waals surface area contributed by atoms with E-state index in [1.54, 1.807) is 36.3 Å². The first-order valence-corrected chi connectivity index (χ1v) is 11.3. The molecule has 3 aromatic rings. The van der Waals surface area contributed by atoms with Crippen molar-refractivity contribution in [1.82, 2.24) is 9.47 Å². The average molecular weight is 463 g/mol. The van der Waals surface area contributed by atoms with Crippen LogP contribution in [0.25, 0.3) is 11.1 Å². The fraction of sp³-hybridized carbons (Fsp3) is 0.333. The average Bonchev–Trinajstić information content (AvgIpc) is 2.85. The van der Waals surface area contributed by atoms with E-state index in [-0.39, 0.29) is 11.6 Å². The van der Waals surface area contributed by atoms with E-state index in [0.717, 1.165) is 16.7 Å². The Balaban J connectivity index is 1.56. The zero-order chi connectivity index (χ0) is 24.5. The number of hydrogen-bond donors (Lipinski definition) is 2. The number of rotatable bonds is 6. The number of aryl methyl sites for hydroxylation is 1. The number of benzene rings is 2. The number of carbonyl (C=O) groups is 1. The predicted octanol–water partition coefficient (Wildman–Crippen LogP) is 3.59. The Labute approximate surface area is 198 Å². The summed E-state index contributed by atoms with van der Waals surface area (Å²) >= 11 is 0. The molecule has 1 amide bonds. The van der Waals surface area contributed by atoms with Crippen LogP contribution < -0.4 is 5.56 Å². The molecule has 2 aromatic carbocycles. The van der Waals surface area contributed by atoms with Crippen molar-refractivity contribution in [2.45, 2.75) is 37.5 Å². The van der Waals surface area contributed by atoms with Crippen LogP contribution in [0.5, 0.6) is 0 Å². The number of aliphatic hydroxyl groups is 2. The van der Waals surface area contributed by atoms with Crippen LogP contribution in [0.4, 0.5) is 4.79 Å². The Hall–Kier alpha value is -3.42. The van der Waals surface area contributed by atoms with Crippen molar-refractivity contribution in [2.24, 2.45) is 7.05 Å². The normalized spacial score (nSPS) is 21.0. The molecule has 1 saturated heterocycles. The quantitative estimate of drug-likeness (QED) is 0.584. The molecule has 0 bridgehead atoms. The van der Waals surface area contributed by atoms with Crippen LogP contribution in [-0.2, 0) is 17.4 Å². The number of aromatic nitrogens is 1. The van der Waals surface area contributed by atoms with Gasteiger partial charge in [-0.3, -0.25) is 4.79 Å². The summed E-state index contributed by atoms with van der Waals surface area (Å²) in [7, 11) is 1.71. The monoisotopic (exact) mass is 462 g/mol. The summed E-state index contributed by atoms with van der Waals surface area (Å²) in [6, 6.07) is 20.0. The largest absolute Gasteiger partial charge is 0.435 e. The van der Waals surface area contributed by atoms with Gasteiger partial charge in [-0.1, -0.05) is 54.6 Å². The lowest BCUT2D eigenvalue weighted by Crippen LogP contribution is -2.60. The SMILES string of the molecule is C[C@@H](c1ccc(-c2ccn(C)c(=O)c2)cc1)N1CC[C@@](c2ccccc2)([C@](C)(O)CO)OC1=O. The van der Waals surface area contributed by atoms with Gasteiger partial charge in [-0.05, 0) is 42.2 Å². The van der Waals surface area contributed by atoms with Crippen LogP contribution >= 0.6 is 0 Å². The van der Waals surface area contributed by atoms with E-state index in [0.29, 0.717) is 18.5 Å². The van der Waals surface area contributed by atoms with Gasteiger partial charge >= 0.3 is 6.09 Å². The lowest BCUT2D eigenvalue weighted by molar-refractivity contribution is -0.193. The Morgan fingerprint density at radius 1 is 1.06 bits per heavy atom. The minimum atomic E-state index is -1.65. The molecule has 178 valence electrons. The fourth-order valence-corrected chi connectivity index (χ4v) is 4.57. The fourth-order valence-electron chi connectivity index (χ4n) is 4.57. The lowest BCUT2D eigenvalue weighted by atomic mass is 9.75. The highest BCUT2D eigenvalue weighted by atomic mass is 16.6. The number of amides is 1. The second-order valence-corrected chi connectivity index (χ2v) is 9.10. The highest BCUT2D eigenvalue weighted by Gasteiger charge is 2.55. The van der Waals surface area contributed by atoms with Gasteiger partial charge in [0.1, 0.15) is 5.60 Å². The first kappa shape index (κ1) is 23.7. The number of pyridine rings is 1. The summed E-state index contributed by atoms with van der Waals surface area (Å²) in [5.74, 6) is 0. The van der Waals surface area contributed by atoms with E-state index >= 15 is 0 Å². The van der Waals surface area contributed by atoms with E-state index in [4.69, 9.17) is 4.74 Å². The third-order valence-corrected chi connectivity index (χ3v) is 6.92. The second kappa shape index (κ2) is 9.08. The van der Waals surface area contributed by atoms with E-state index in [1.807, 2.05) is 55.5 Å². The van der Waals surface area contributed by atoms with Gasteiger partial charge in [-0.15, -0.1) is 0 Å². The van der Waals surface area contributed by atoms with Gasteiger partial charge in [-0.25, -0.2) is 4.79 Å². The first-order valence-electron chi connectivity index (χ1n) is 11.3. The maximum atomic E-state index is 13.2. The van der Waals surface area contributed by atoms with Gasteiger partial charge in [0.15, 0.2) is 5.60 Å². The molecular formula is C27H30N2O5. The van der Waals surface area contributed by atoms with E-state index in [1.165, 1.54) is 11.5 Å². The molecule has 0 saturated carbocycles. The standard InChI is InChI=1S/C27H30N2O5/c1-19(20-9-11-21(12-10-20)22-13-15-28(3)24(31)17-22)29-16-14-27(34-25(29)32,26(2,33)18-30)23-7-5-4-6-8-23/h4-13,15,17,19,30,33H,14,16,18H2,1-3H3/t19-,26+,27+/m0/s1. The second-order valence-electron chi connectivity index (χ2n) is 9.10. The van der Waals surface area contributed by atoms with Gasteiger partial charge in [0.25, 0.3) is 5.56 Å². The van der Waals surface area contributed by atoms with Crippen molar-refractivity contribution in [1.29, 1.82) is 0 Å². The third-order valence-electron chi connectivity index (χ3n) is 6.92. The minimum Gasteiger partial charge on any atom is -0.435 e. The molecule has 1 aromatic heterocycles. The molecule has 7 heteroatoms. The van der Waals surface area contributed by atoms with Gasteiger partial charge < -0.3 is 24.4 Å². The Morgan fingerprint density at radius 2 is 1.74 bits per heavy atom. The molecule has 0 aliphatic carbocycles. The smallest absolute Gasteiger partial charge is 0.411 e. The number of cyclic esters (lactones) is 1. The molecule has 3 atom stereocenters. The third kappa shape index (κ3) is 4.13. The van der Waals surface area contributed by atoms with Crippen molar-refractivity contribution < 1.29 is 19.7 Å². The van der Waals surface area contributed by atoms with Gasteiger partial charge in [0, 0.05) is 32.3 Å². The summed E-state index contributed by atoms with van der Waals surface area (Å²) in [6.45, 7) is 3.21. The van der Waals surface area contributed by atoms with Crippen LogP contribution in [0.15, 0.2) is 77.7 Å². The molecule has 0 unspecified atom stereocenters. The molecule has 0 spiro atoms. The van der Waals surface area contributed by atoms with Crippen molar-refractivity contribution in [2.75, 3.05) is 13.2 Å². The van der Waals surface area contributed by atoms with Crippen molar-refractivity contribution >= 4 is 6.09 Å². The molecule has 34 heavy (non-hydrogen) atoms. The van der Waals surface area contributed by atoms with Crippen molar-refractivity contribution in [3.63, 3.8) is 0 Å². The molecule has 0 radical (unpaired) electrons. The van der Waals surface area contributed by atoms with Gasteiger partial charge in [0.05, 0.1) is 12.6 Å². The maximum absolute atomic E-state index is 13.2. The van der Waals surface area contributed by atoms with E-state index in [2.05, 4.69) is 0 Å². The predicted molar refractivity (Wildman–Crippen MR) is 129 cm³/mol. The minimum absolute atomic E-state index is 0.0772. The molecular weight excluding hydrogens is 432 g/mol. The van der Waals surface area contributed by atoms with Crippen LogP contribution in [0.1, 0.15) is 37.4 Å². The Kier molecular flexibility index (Phi) is 6.34. The van der Waals surface area contributed by atoms with Crippen LogP contribution in [0.2, 0.25) is 0 Å². The maximum Gasteiger partial charge on any atom is 0.411 e. The van der Waals surface area contributed by atoms with Crippen LogP contribution in [0, 0.1) is 0 Å². The van der Waals surface area contributed by atoms with Crippen LogP contribution in [-0.4, -0.2) is 44.5 Å². The first-order chi connectivity index (χ1) is 16.2. The van der Waals surface area contributed by atoms with Gasteiger partial charge in [0.2, 0.25) is 0 Å². The Morgan fingerprint density at radius 3 is 2.32 bits per heavy atom. The summed E-state index contributed by atoms with van der Waals surface area (Å²) < 4.78 is 7.45. The molecule has 1 aliphatic rings. The summed E-state index contributed by atoms with van der Waals surface area (Å²) in [5.41, 5.74) is 0.244. The summed E-state index contributed by atoms with van der Waals surface area (Å²) in [5, 5.41) is 20.9. The molecule has 1 aliphatic heterocycles. The molecule has 2 N–H and O–H groups in total. The molecule has 7 nitrogen and oxygen atoms in total. The Bertz CT molecular complexity index is 1220. The van der Waals surface area contributed by atoms with E-state index in [9.17, 15) is 19.8 Å². The summed E-state index contributed by atoms with van der Waals surface area (Å²) in [4.78, 5) is 26.8. The lowest BCUT2D eigenvalue weighted by Gasteiger charge is -2.49. The zero-order valence-corrected chi connectivity index (χ0v) is 19.6. The number of carbonyl (C=O) groups excluding carboxylic acids is 1. The number of aliphatic hydroxyl groups excluding tert-OH is 1. The number of ether oxygens (including phenoxy) is 1. The van der Waals surface area contributed by atoms with E-state index < -0.39 is 23.9 Å². The van der Waals surface area contributed by atoms with Gasteiger partial charge in [-0.2, -0.15) is 0 Å². The topological polar surface area (TPSA) is 92.0 Å². The molecule has 1 fully saturated rings. The molecule has 2 heterocycles. The molecule has 4 rings (SSSR count). The zero-order valence-electron chi connectivity index (χ0n) is 19.6. The number of hydrogen-bond acceptors (Lipinski definition) is 5. The van der Waals surface area contributed by atoms with Crippen molar-refractivity contribution in [3.8, 4) is 11.1 Å². The van der Waals surface area contributed by atoms with Crippen molar-refractivity contribution in [3.05, 3.63) is 94.4 Å². The summed E-state index contributed by atoms with van der Waals surface area (Å²) in [6.07, 6.45) is 1.51. The van der Waals surface area contributed by atoms with Crippen LogP contribution in [0.3, 0.4) is 0 Å². The highest BCUT2D eigenvalue weighted by molar-refractivity contribution is 5.71. The number of nitrogens with zero attached hydrogens (tertiary/aromatic N) is 2.